The average molecular weight is 887 g/mol. The van der Waals surface area contributed by atoms with Crippen molar-refractivity contribution in [2.45, 2.75) is 244 Å². The number of nitrogens with one attached hydrogen (secondary N) is 2. The van der Waals surface area contributed by atoms with E-state index in [0.717, 1.165) is 38.5 Å². The van der Waals surface area contributed by atoms with Crippen LogP contribution in [0.2, 0.25) is 0 Å². The van der Waals surface area contributed by atoms with Crippen molar-refractivity contribution in [3.05, 3.63) is 0 Å². The Labute approximate surface area is 377 Å². The SMILES string of the molecule is CCCCCCCCCCCCCCCCCC(=O)OCC(CNC(=O)CCSCCC(=O)NC(CO)(CO)CO)OC(=O)CCCCCCCCCCCCCCCCC. The van der Waals surface area contributed by atoms with Crippen LogP contribution in [0.25, 0.3) is 0 Å². The number of rotatable bonds is 47. The van der Waals surface area contributed by atoms with Gasteiger partial charge in [0.15, 0.2) is 6.10 Å². The number of hydrogen-bond donors (Lipinski definition) is 5. The molecule has 12 heteroatoms. The number of thioether (sulfide) groups is 1. The average Bonchev–Trinajstić information content (AvgIpc) is 3.26. The first-order valence-corrected chi connectivity index (χ1v) is 26.2. The van der Waals surface area contributed by atoms with Gasteiger partial charge in [-0.15, -0.1) is 0 Å². The first-order valence-electron chi connectivity index (χ1n) is 25.1. The molecule has 0 heterocycles. The molecule has 61 heavy (non-hydrogen) atoms. The first-order chi connectivity index (χ1) is 29.7. The van der Waals surface area contributed by atoms with Gasteiger partial charge < -0.3 is 35.4 Å². The van der Waals surface area contributed by atoms with E-state index < -0.39 is 37.4 Å². The lowest BCUT2D eigenvalue weighted by atomic mass is 10.0. The molecule has 0 aromatic heterocycles. The van der Waals surface area contributed by atoms with Crippen LogP contribution in [0, 0.1) is 0 Å². The van der Waals surface area contributed by atoms with E-state index in [1.807, 2.05) is 0 Å². The van der Waals surface area contributed by atoms with Crippen LogP contribution in [-0.4, -0.2) is 95.2 Å². The zero-order chi connectivity index (χ0) is 44.9. The molecule has 1 unspecified atom stereocenters. The Morgan fingerprint density at radius 3 is 1.20 bits per heavy atom. The number of hydrogen-bond acceptors (Lipinski definition) is 10. The third-order valence-corrected chi connectivity index (χ3v) is 12.5. The maximum atomic E-state index is 12.8. The summed E-state index contributed by atoms with van der Waals surface area (Å²) >= 11 is 1.40. The van der Waals surface area contributed by atoms with Crippen LogP contribution in [0.15, 0.2) is 0 Å². The van der Waals surface area contributed by atoms with Crippen molar-refractivity contribution < 1.29 is 44.0 Å². The molecule has 0 bridgehead atoms. The summed E-state index contributed by atoms with van der Waals surface area (Å²) < 4.78 is 11.2. The molecule has 0 aliphatic heterocycles. The summed E-state index contributed by atoms with van der Waals surface area (Å²) in [6.45, 7) is 2.68. The predicted molar refractivity (Wildman–Crippen MR) is 252 cm³/mol. The zero-order valence-electron chi connectivity index (χ0n) is 39.3. The van der Waals surface area contributed by atoms with E-state index in [-0.39, 0.29) is 50.3 Å². The molecule has 0 radical (unpaired) electrons. The topological polar surface area (TPSA) is 171 Å². The second-order valence-corrected chi connectivity index (χ2v) is 18.6. The molecule has 0 saturated carbocycles. The molecule has 0 spiro atoms. The fraction of sp³-hybridized carbons (Fsp3) is 0.918. The molecule has 360 valence electrons. The molecule has 0 aliphatic carbocycles. The number of esters is 2. The molecule has 2 amide bonds. The van der Waals surface area contributed by atoms with Crippen LogP contribution in [0.5, 0.6) is 0 Å². The molecular formula is C49H94N2O9S. The lowest BCUT2D eigenvalue weighted by Gasteiger charge is -2.28. The molecule has 0 saturated heterocycles. The van der Waals surface area contributed by atoms with Gasteiger partial charge in [0.25, 0.3) is 0 Å². The maximum absolute atomic E-state index is 12.8. The number of aliphatic hydroxyl groups excluding tert-OH is 3. The summed E-state index contributed by atoms with van der Waals surface area (Å²) in [5.41, 5.74) is -1.46. The minimum atomic E-state index is -1.46. The van der Waals surface area contributed by atoms with Gasteiger partial charge >= 0.3 is 11.9 Å². The second kappa shape index (κ2) is 44.7. The van der Waals surface area contributed by atoms with Crippen LogP contribution >= 0.6 is 11.8 Å². The predicted octanol–water partition coefficient (Wildman–Crippen LogP) is 10.4. The van der Waals surface area contributed by atoms with E-state index in [1.165, 1.54) is 166 Å². The van der Waals surface area contributed by atoms with E-state index in [4.69, 9.17) is 9.47 Å². The highest BCUT2D eigenvalue weighted by Gasteiger charge is 2.29. The molecule has 5 N–H and O–H groups in total. The van der Waals surface area contributed by atoms with Crippen molar-refractivity contribution in [3.8, 4) is 0 Å². The quantitative estimate of drug-likeness (QED) is 0.0293. The van der Waals surface area contributed by atoms with E-state index >= 15 is 0 Å². The van der Waals surface area contributed by atoms with Gasteiger partial charge in [-0.05, 0) is 12.8 Å². The summed E-state index contributed by atoms with van der Waals surface area (Å²) in [5, 5.41) is 33.5. The number of carbonyl (C=O) groups is 4. The monoisotopic (exact) mass is 887 g/mol. The minimum absolute atomic E-state index is 0.0360. The Kier molecular flexibility index (Phi) is 43.3. The van der Waals surface area contributed by atoms with Crippen LogP contribution < -0.4 is 10.6 Å². The minimum Gasteiger partial charge on any atom is -0.462 e. The van der Waals surface area contributed by atoms with Crippen LogP contribution in [0.4, 0.5) is 0 Å². The van der Waals surface area contributed by atoms with Crippen molar-refractivity contribution in [1.29, 1.82) is 0 Å². The van der Waals surface area contributed by atoms with E-state index in [0.29, 0.717) is 17.9 Å². The number of ether oxygens (including phenoxy) is 2. The summed E-state index contributed by atoms with van der Waals surface area (Å²) in [5.74, 6) is -0.483. The number of amides is 2. The Morgan fingerprint density at radius 1 is 0.475 bits per heavy atom. The van der Waals surface area contributed by atoms with Crippen LogP contribution in [-0.2, 0) is 28.7 Å². The van der Waals surface area contributed by atoms with Gasteiger partial charge in [0.1, 0.15) is 12.1 Å². The molecular weight excluding hydrogens is 793 g/mol. The van der Waals surface area contributed by atoms with Crippen molar-refractivity contribution >= 4 is 35.5 Å². The number of aliphatic hydroxyl groups is 3. The summed E-state index contributed by atoms with van der Waals surface area (Å²) in [6, 6.07) is 0. The maximum Gasteiger partial charge on any atom is 0.306 e. The van der Waals surface area contributed by atoms with Crippen LogP contribution in [0.3, 0.4) is 0 Å². The fourth-order valence-corrected chi connectivity index (χ4v) is 8.16. The molecule has 0 fully saturated rings. The van der Waals surface area contributed by atoms with E-state index in [9.17, 15) is 34.5 Å². The molecule has 0 rings (SSSR count). The van der Waals surface area contributed by atoms with E-state index in [2.05, 4.69) is 24.5 Å². The number of carbonyl (C=O) groups excluding carboxylic acids is 4. The van der Waals surface area contributed by atoms with Gasteiger partial charge in [-0.25, -0.2) is 0 Å². The smallest absolute Gasteiger partial charge is 0.306 e. The Morgan fingerprint density at radius 2 is 0.820 bits per heavy atom. The summed E-state index contributed by atoms with van der Waals surface area (Å²) in [7, 11) is 0. The Bertz CT molecular complexity index is 1020. The van der Waals surface area contributed by atoms with Gasteiger partial charge in [-0.1, -0.05) is 194 Å². The van der Waals surface area contributed by atoms with Crippen molar-refractivity contribution in [1.82, 2.24) is 10.6 Å². The third kappa shape index (κ3) is 39.4. The third-order valence-electron chi connectivity index (χ3n) is 11.5. The Balaban J connectivity index is 4.46. The highest BCUT2D eigenvalue weighted by molar-refractivity contribution is 7.99. The Hall–Kier alpha value is -1.89. The fourth-order valence-electron chi connectivity index (χ4n) is 7.29. The summed E-state index contributed by atoms with van der Waals surface area (Å²) in [4.78, 5) is 50.2. The van der Waals surface area contributed by atoms with Gasteiger partial charge in [-0.3, -0.25) is 19.2 Å². The number of unbranched alkanes of at least 4 members (excludes halogenated alkanes) is 28. The molecule has 0 aliphatic rings. The highest BCUT2D eigenvalue weighted by atomic mass is 32.2. The van der Waals surface area contributed by atoms with Crippen LogP contribution in [0.1, 0.15) is 232 Å². The highest BCUT2D eigenvalue weighted by Crippen LogP contribution is 2.16. The van der Waals surface area contributed by atoms with Gasteiger partial charge in [-0.2, -0.15) is 11.8 Å². The van der Waals surface area contributed by atoms with Gasteiger partial charge in [0.2, 0.25) is 11.8 Å². The molecule has 0 aromatic carbocycles. The second-order valence-electron chi connectivity index (χ2n) is 17.4. The summed E-state index contributed by atoms with van der Waals surface area (Å²) in [6.07, 6.45) is 37.6. The van der Waals surface area contributed by atoms with Crippen molar-refractivity contribution in [2.24, 2.45) is 0 Å². The lowest BCUT2D eigenvalue weighted by Crippen LogP contribution is -2.57. The zero-order valence-corrected chi connectivity index (χ0v) is 40.1. The van der Waals surface area contributed by atoms with Gasteiger partial charge in [0.05, 0.1) is 26.4 Å². The lowest BCUT2D eigenvalue weighted by molar-refractivity contribution is -0.159. The van der Waals surface area contributed by atoms with E-state index in [1.54, 1.807) is 0 Å². The first kappa shape index (κ1) is 59.1. The largest absolute Gasteiger partial charge is 0.462 e. The standard InChI is InChI=1S/C49H94N2O9S/c1-3-5-7-9-11-13-15-17-19-21-23-25-27-29-31-33-47(57)59-40-44(39-50-45(55)35-37-61-38-36-46(56)51-49(41-52,42-53)43-54)60-48(58)34-32-30-28-26-24-22-20-18-16-14-12-10-8-6-4-2/h44,52-54H,3-43H2,1-2H3,(H,50,55)(H,51,56). The molecule has 1 atom stereocenters. The normalized spacial score (nSPS) is 12.0. The van der Waals surface area contributed by atoms with Crippen molar-refractivity contribution in [2.75, 3.05) is 44.5 Å². The van der Waals surface area contributed by atoms with Crippen molar-refractivity contribution in [3.63, 3.8) is 0 Å². The van der Waals surface area contributed by atoms with Gasteiger partial charge in [0, 0.05) is 37.2 Å². The molecule has 0 aromatic rings. The molecule has 11 nitrogen and oxygen atoms in total.